The van der Waals surface area contributed by atoms with Crippen LogP contribution in [0.3, 0.4) is 0 Å². The van der Waals surface area contributed by atoms with E-state index in [0.717, 1.165) is 16.5 Å². The summed E-state index contributed by atoms with van der Waals surface area (Å²) in [5, 5.41) is 5.04. The standard InChI is InChI=1S/C24H28BrN3O3/c1-6-8-21-27-19-12-11-17(25)13-18(19)23(29)28(21)26-14-16-9-7-10-20(30-5)22(16)31-15-24(2,3)4/h7,9-14H,6,8,15H2,1-5H3. The van der Waals surface area contributed by atoms with Gasteiger partial charge in [-0.2, -0.15) is 9.78 Å². The van der Waals surface area contributed by atoms with Crippen LogP contribution in [0.15, 0.2) is 50.8 Å². The molecule has 7 heteroatoms. The van der Waals surface area contributed by atoms with E-state index in [1.54, 1.807) is 19.4 Å². The fraction of sp³-hybridized carbons (Fsp3) is 0.375. The van der Waals surface area contributed by atoms with Crippen LogP contribution in [-0.4, -0.2) is 29.6 Å². The third kappa shape index (κ3) is 5.53. The number of aromatic nitrogens is 2. The molecule has 0 aliphatic heterocycles. The Morgan fingerprint density at radius 1 is 1.23 bits per heavy atom. The summed E-state index contributed by atoms with van der Waals surface area (Å²) in [6.45, 7) is 8.87. The quantitative estimate of drug-likeness (QED) is 0.418. The molecular formula is C24H28BrN3O3. The average molecular weight is 486 g/mol. The summed E-state index contributed by atoms with van der Waals surface area (Å²) in [5.74, 6) is 1.85. The lowest BCUT2D eigenvalue weighted by Crippen LogP contribution is -2.22. The summed E-state index contributed by atoms with van der Waals surface area (Å²) < 4.78 is 13.8. The Morgan fingerprint density at radius 2 is 2.00 bits per heavy atom. The van der Waals surface area contributed by atoms with Gasteiger partial charge in [0.2, 0.25) is 0 Å². The Kier molecular flexibility index (Phi) is 7.15. The van der Waals surface area contributed by atoms with Gasteiger partial charge in [-0.15, -0.1) is 0 Å². The summed E-state index contributed by atoms with van der Waals surface area (Å²) >= 11 is 3.43. The van der Waals surface area contributed by atoms with Crippen LogP contribution in [0.5, 0.6) is 11.5 Å². The number of hydrogen-bond acceptors (Lipinski definition) is 5. The highest BCUT2D eigenvalue weighted by Gasteiger charge is 2.16. The van der Waals surface area contributed by atoms with Gasteiger partial charge in [-0.25, -0.2) is 4.98 Å². The number of methoxy groups -OCH3 is 1. The molecule has 0 fully saturated rings. The highest BCUT2D eigenvalue weighted by Crippen LogP contribution is 2.31. The molecule has 0 radical (unpaired) electrons. The van der Waals surface area contributed by atoms with Gasteiger partial charge in [0, 0.05) is 16.5 Å². The van der Waals surface area contributed by atoms with E-state index in [9.17, 15) is 4.79 Å². The summed E-state index contributed by atoms with van der Waals surface area (Å²) in [6.07, 6.45) is 3.12. The minimum Gasteiger partial charge on any atom is -0.493 e. The molecule has 0 amide bonds. The fourth-order valence-electron chi connectivity index (χ4n) is 3.06. The summed E-state index contributed by atoms with van der Waals surface area (Å²) in [6, 6.07) is 11.1. The van der Waals surface area contributed by atoms with Crippen molar-refractivity contribution in [2.24, 2.45) is 10.5 Å². The molecule has 0 N–H and O–H groups in total. The Hall–Kier alpha value is -2.67. The zero-order valence-electron chi connectivity index (χ0n) is 18.6. The topological polar surface area (TPSA) is 65.7 Å². The van der Waals surface area contributed by atoms with Gasteiger partial charge < -0.3 is 9.47 Å². The molecule has 1 aromatic heterocycles. The van der Waals surface area contributed by atoms with Crippen LogP contribution in [0.4, 0.5) is 0 Å². The lowest BCUT2D eigenvalue weighted by Gasteiger charge is -2.21. The SMILES string of the molecule is CCCc1nc2ccc(Br)cc2c(=O)n1N=Cc1cccc(OC)c1OCC(C)(C)C. The number of nitrogens with zero attached hydrogens (tertiary/aromatic N) is 3. The predicted octanol–water partition coefficient (Wildman–Crippen LogP) is 5.43. The molecule has 0 saturated carbocycles. The third-order valence-electron chi connectivity index (χ3n) is 4.54. The van der Waals surface area contributed by atoms with Crippen molar-refractivity contribution in [3.8, 4) is 11.5 Å². The molecule has 31 heavy (non-hydrogen) atoms. The van der Waals surface area contributed by atoms with E-state index in [1.807, 2.05) is 37.3 Å². The number of halogens is 1. The van der Waals surface area contributed by atoms with Crippen molar-refractivity contribution in [1.29, 1.82) is 0 Å². The van der Waals surface area contributed by atoms with E-state index in [1.165, 1.54) is 4.68 Å². The third-order valence-corrected chi connectivity index (χ3v) is 5.03. The van der Waals surface area contributed by atoms with Crippen LogP contribution in [0.25, 0.3) is 10.9 Å². The molecule has 0 aliphatic carbocycles. The molecule has 0 spiro atoms. The molecule has 0 bridgehead atoms. The van der Waals surface area contributed by atoms with Crippen LogP contribution in [0.1, 0.15) is 45.5 Å². The Bertz CT molecular complexity index is 1160. The van der Waals surface area contributed by atoms with E-state index < -0.39 is 0 Å². The molecular weight excluding hydrogens is 458 g/mol. The van der Waals surface area contributed by atoms with E-state index in [2.05, 4.69) is 46.8 Å². The predicted molar refractivity (Wildman–Crippen MR) is 129 cm³/mol. The van der Waals surface area contributed by atoms with E-state index in [-0.39, 0.29) is 11.0 Å². The normalized spacial score (nSPS) is 11.9. The number of ether oxygens (including phenoxy) is 2. The van der Waals surface area contributed by atoms with Gasteiger partial charge in [0.05, 0.1) is 30.8 Å². The number of hydrogen-bond donors (Lipinski definition) is 0. The molecule has 3 aromatic rings. The minimum atomic E-state index is -0.203. The van der Waals surface area contributed by atoms with Crippen molar-refractivity contribution in [2.45, 2.75) is 40.5 Å². The van der Waals surface area contributed by atoms with Crippen molar-refractivity contribution in [3.63, 3.8) is 0 Å². The molecule has 0 unspecified atom stereocenters. The molecule has 0 atom stereocenters. The van der Waals surface area contributed by atoms with Crippen molar-refractivity contribution in [3.05, 3.63) is 62.6 Å². The maximum atomic E-state index is 13.2. The van der Waals surface area contributed by atoms with Crippen molar-refractivity contribution < 1.29 is 9.47 Å². The summed E-state index contributed by atoms with van der Waals surface area (Å²) in [4.78, 5) is 17.9. The molecule has 3 rings (SSSR count). The number of para-hydroxylation sites is 1. The van der Waals surface area contributed by atoms with Gasteiger partial charge in [-0.1, -0.05) is 49.7 Å². The van der Waals surface area contributed by atoms with Crippen molar-refractivity contribution in [1.82, 2.24) is 9.66 Å². The fourth-order valence-corrected chi connectivity index (χ4v) is 3.42. The monoisotopic (exact) mass is 485 g/mol. The lowest BCUT2D eigenvalue weighted by atomic mass is 9.98. The first-order valence-corrected chi connectivity index (χ1v) is 11.1. The molecule has 2 aromatic carbocycles. The Labute approximate surface area is 191 Å². The molecule has 164 valence electrons. The van der Waals surface area contributed by atoms with E-state index in [4.69, 9.17) is 9.47 Å². The van der Waals surface area contributed by atoms with Crippen LogP contribution in [0, 0.1) is 5.41 Å². The van der Waals surface area contributed by atoms with Crippen LogP contribution < -0.4 is 15.0 Å². The van der Waals surface area contributed by atoms with Crippen molar-refractivity contribution >= 4 is 33.0 Å². The minimum absolute atomic E-state index is 0.0177. The Morgan fingerprint density at radius 3 is 2.68 bits per heavy atom. The maximum absolute atomic E-state index is 13.2. The van der Waals surface area contributed by atoms with E-state index >= 15 is 0 Å². The maximum Gasteiger partial charge on any atom is 0.282 e. The number of rotatable bonds is 7. The molecule has 6 nitrogen and oxygen atoms in total. The van der Waals surface area contributed by atoms with Gasteiger partial charge in [-0.05, 0) is 42.2 Å². The highest BCUT2D eigenvalue weighted by molar-refractivity contribution is 9.10. The lowest BCUT2D eigenvalue weighted by molar-refractivity contribution is 0.191. The zero-order chi connectivity index (χ0) is 22.6. The van der Waals surface area contributed by atoms with Gasteiger partial charge in [0.15, 0.2) is 11.5 Å². The summed E-state index contributed by atoms with van der Waals surface area (Å²) in [7, 11) is 1.61. The smallest absolute Gasteiger partial charge is 0.282 e. The van der Waals surface area contributed by atoms with Crippen LogP contribution in [-0.2, 0) is 6.42 Å². The van der Waals surface area contributed by atoms with Gasteiger partial charge in [-0.3, -0.25) is 4.79 Å². The first-order chi connectivity index (χ1) is 14.7. The Balaban J connectivity index is 2.10. The second-order valence-electron chi connectivity index (χ2n) is 8.53. The molecule has 0 aliphatic rings. The largest absolute Gasteiger partial charge is 0.493 e. The van der Waals surface area contributed by atoms with Gasteiger partial charge in [0.25, 0.3) is 5.56 Å². The number of fused-ring (bicyclic) bond motifs is 1. The average Bonchev–Trinajstić information content (AvgIpc) is 2.72. The van der Waals surface area contributed by atoms with Gasteiger partial charge >= 0.3 is 0 Å². The summed E-state index contributed by atoms with van der Waals surface area (Å²) in [5.41, 5.74) is 1.17. The number of aryl methyl sites for hydroxylation is 1. The highest BCUT2D eigenvalue weighted by atomic mass is 79.9. The van der Waals surface area contributed by atoms with Crippen molar-refractivity contribution in [2.75, 3.05) is 13.7 Å². The van der Waals surface area contributed by atoms with Crippen LogP contribution >= 0.6 is 15.9 Å². The van der Waals surface area contributed by atoms with Crippen LogP contribution in [0.2, 0.25) is 0 Å². The zero-order valence-corrected chi connectivity index (χ0v) is 20.2. The second kappa shape index (κ2) is 9.64. The number of benzene rings is 2. The van der Waals surface area contributed by atoms with Gasteiger partial charge in [0.1, 0.15) is 5.82 Å². The first-order valence-electron chi connectivity index (χ1n) is 10.3. The molecule has 0 saturated heterocycles. The van der Waals surface area contributed by atoms with E-state index in [0.29, 0.717) is 41.3 Å². The first kappa shape index (κ1) is 23.0. The second-order valence-corrected chi connectivity index (χ2v) is 9.44. The molecule has 1 heterocycles.